The summed E-state index contributed by atoms with van der Waals surface area (Å²) in [5.41, 5.74) is 6.88. The van der Waals surface area contributed by atoms with Gasteiger partial charge in [0.05, 0.1) is 4.90 Å². The van der Waals surface area contributed by atoms with Crippen molar-refractivity contribution in [2.75, 3.05) is 17.7 Å². The number of nitrogen functional groups attached to an aromatic ring is 1. The predicted octanol–water partition coefficient (Wildman–Crippen LogP) is 1.54. The molecule has 6 heteroatoms. The number of hydrogen-bond donors (Lipinski definition) is 2. The topological polar surface area (TPSA) is 89.4 Å². The quantitative estimate of drug-likeness (QED) is 0.795. The van der Waals surface area contributed by atoms with Crippen molar-refractivity contribution in [2.45, 2.75) is 37.6 Å². The molecule has 0 saturated carbocycles. The highest BCUT2D eigenvalue weighted by Gasteiger charge is 2.14. The number of hydrogen-bond acceptors (Lipinski definition) is 4. The summed E-state index contributed by atoms with van der Waals surface area (Å²) >= 11 is 0. The van der Waals surface area contributed by atoms with E-state index in [1.165, 1.54) is 6.07 Å². The van der Waals surface area contributed by atoms with Crippen LogP contribution in [-0.4, -0.2) is 21.5 Å². The molecule has 0 bridgehead atoms. The van der Waals surface area contributed by atoms with Gasteiger partial charge in [0.15, 0.2) is 0 Å². The number of anilines is 2. The van der Waals surface area contributed by atoms with Crippen LogP contribution in [0, 0.1) is 0 Å². The Bertz CT molecular complexity index is 514. The second kappa shape index (κ2) is 5.58. The number of rotatable bonds is 5. The van der Waals surface area contributed by atoms with Crippen molar-refractivity contribution in [1.82, 2.24) is 0 Å². The van der Waals surface area contributed by atoms with Gasteiger partial charge in [-0.25, -0.2) is 13.6 Å². The molecule has 102 valence electrons. The number of sulfonamides is 1. The first-order valence-electron chi connectivity index (χ1n) is 5.92. The Morgan fingerprint density at radius 1 is 1.33 bits per heavy atom. The van der Waals surface area contributed by atoms with Gasteiger partial charge in [-0.1, -0.05) is 13.3 Å². The van der Waals surface area contributed by atoms with Gasteiger partial charge in [0, 0.05) is 24.5 Å². The largest absolute Gasteiger partial charge is 0.399 e. The standard InChI is InChI=1S/C12H21N3O2S/c1-4-5-9(2)15(3)11-6-10(13)7-12(8-11)18(14,16)17/h6-9H,4-5,13H2,1-3H3,(H2,14,16,17). The molecular weight excluding hydrogens is 250 g/mol. The zero-order chi connectivity index (χ0) is 13.9. The Balaban J connectivity index is 3.14. The van der Waals surface area contributed by atoms with E-state index in [2.05, 4.69) is 13.8 Å². The second-order valence-corrected chi connectivity index (χ2v) is 6.12. The maximum Gasteiger partial charge on any atom is 0.238 e. The third kappa shape index (κ3) is 3.61. The van der Waals surface area contributed by atoms with Gasteiger partial charge in [0.2, 0.25) is 10.0 Å². The lowest BCUT2D eigenvalue weighted by molar-refractivity contribution is 0.597. The van der Waals surface area contributed by atoms with E-state index in [-0.39, 0.29) is 4.90 Å². The van der Waals surface area contributed by atoms with Crippen molar-refractivity contribution in [3.05, 3.63) is 18.2 Å². The summed E-state index contributed by atoms with van der Waals surface area (Å²) in [5, 5.41) is 5.13. The summed E-state index contributed by atoms with van der Waals surface area (Å²) < 4.78 is 22.7. The third-order valence-electron chi connectivity index (χ3n) is 3.02. The molecule has 1 atom stereocenters. The molecule has 0 spiro atoms. The lowest BCUT2D eigenvalue weighted by atomic mass is 10.1. The van der Waals surface area contributed by atoms with Crippen molar-refractivity contribution in [2.24, 2.45) is 5.14 Å². The van der Waals surface area contributed by atoms with Gasteiger partial charge < -0.3 is 10.6 Å². The van der Waals surface area contributed by atoms with Gasteiger partial charge in [0.25, 0.3) is 0 Å². The van der Waals surface area contributed by atoms with Crippen LogP contribution < -0.4 is 15.8 Å². The zero-order valence-corrected chi connectivity index (χ0v) is 11.9. The molecule has 1 aromatic carbocycles. The van der Waals surface area contributed by atoms with Crippen LogP contribution in [0.15, 0.2) is 23.1 Å². The smallest absolute Gasteiger partial charge is 0.238 e. The SMILES string of the molecule is CCCC(C)N(C)c1cc(N)cc(S(N)(=O)=O)c1. The minimum atomic E-state index is -3.73. The van der Waals surface area contributed by atoms with E-state index in [1.807, 2.05) is 11.9 Å². The van der Waals surface area contributed by atoms with Gasteiger partial charge in [0.1, 0.15) is 0 Å². The lowest BCUT2D eigenvalue weighted by Crippen LogP contribution is -2.29. The van der Waals surface area contributed by atoms with Gasteiger partial charge in [-0.15, -0.1) is 0 Å². The fourth-order valence-electron chi connectivity index (χ4n) is 1.84. The van der Waals surface area contributed by atoms with E-state index in [1.54, 1.807) is 12.1 Å². The van der Waals surface area contributed by atoms with Gasteiger partial charge in [-0.05, 0) is 31.5 Å². The van der Waals surface area contributed by atoms with E-state index < -0.39 is 10.0 Å². The Hall–Kier alpha value is -1.27. The number of nitrogens with zero attached hydrogens (tertiary/aromatic N) is 1. The van der Waals surface area contributed by atoms with Gasteiger partial charge in [-0.2, -0.15) is 0 Å². The highest BCUT2D eigenvalue weighted by Crippen LogP contribution is 2.24. The highest BCUT2D eigenvalue weighted by molar-refractivity contribution is 7.89. The summed E-state index contributed by atoms with van der Waals surface area (Å²) in [4.78, 5) is 2.06. The van der Waals surface area contributed by atoms with E-state index in [9.17, 15) is 8.42 Å². The Morgan fingerprint density at radius 2 is 1.94 bits per heavy atom. The van der Waals surface area contributed by atoms with Gasteiger partial charge in [-0.3, -0.25) is 0 Å². The Labute approximate surface area is 109 Å². The Kier molecular flexibility index (Phi) is 4.59. The molecule has 0 aliphatic rings. The van der Waals surface area contributed by atoms with Crippen LogP contribution >= 0.6 is 0 Å². The number of nitrogens with two attached hydrogens (primary N) is 2. The molecule has 0 aromatic heterocycles. The summed E-state index contributed by atoms with van der Waals surface area (Å²) in [6.45, 7) is 4.20. The molecule has 0 aliphatic carbocycles. The molecule has 5 nitrogen and oxygen atoms in total. The molecule has 0 amide bonds. The molecule has 1 unspecified atom stereocenters. The number of primary sulfonamides is 1. The maximum atomic E-state index is 11.4. The summed E-state index contributed by atoms with van der Waals surface area (Å²) in [6.07, 6.45) is 2.09. The first-order valence-corrected chi connectivity index (χ1v) is 7.46. The molecule has 0 aliphatic heterocycles. The molecule has 0 saturated heterocycles. The summed E-state index contributed by atoms with van der Waals surface area (Å²) in [6, 6.07) is 4.99. The molecule has 0 heterocycles. The average Bonchev–Trinajstić information content (AvgIpc) is 2.26. The monoisotopic (exact) mass is 271 g/mol. The molecule has 1 rings (SSSR count). The Morgan fingerprint density at radius 3 is 2.44 bits per heavy atom. The first-order chi connectivity index (χ1) is 8.25. The highest BCUT2D eigenvalue weighted by atomic mass is 32.2. The van der Waals surface area contributed by atoms with Crippen LogP contribution in [-0.2, 0) is 10.0 Å². The van der Waals surface area contributed by atoms with E-state index in [4.69, 9.17) is 10.9 Å². The molecule has 18 heavy (non-hydrogen) atoms. The van der Waals surface area contributed by atoms with E-state index in [0.717, 1.165) is 18.5 Å². The van der Waals surface area contributed by atoms with E-state index in [0.29, 0.717) is 11.7 Å². The summed E-state index contributed by atoms with van der Waals surface area (Å²) in [5.74, 6) is 0. The van der Waals surface area contributed by atoms with Crippen molar-refractivity contribution >= 4 is 21.4 Å². The van der Waals surface area contributed by atoms with Crippen LogP contribution in [0.25, 0.3) is 0 Å². The molecule has 4 N–H and O–H groups in total. The minimum Gasteiger partial charge on any atom is -0.399 e. The molecule has 0 radical (unpaired) electrons. The van der Waals surface area contributed by atoms with Crippen molar-refractivity contribution in [3.8, 4) is 0 Å². The van der Waals surface area contributed by atoms with Crippen LogP contribution in [0.4, 0.5) is 11.4 Å². The predicted molar refractivity (Wildman–Crippen MR) is 75.0 cm³/mol. The van der Waals surface area contributed by atoms with Crippen LogP contribution in [0.3, 0.4) is 0 Å². The van der Waals surface area contributed by atoms with Crippen molar-refractivity contribution < 1.29 is 8.42 Å². The average molecular weight is 271 g/mol. The fourth-order valence-corrected chi connectivity index (χ4v) is 2.42. The summed E-state index contributed by atoms with van der Waals surface area (Å²) in [7, 11) is -1.81. The minimum absolute atomic E-state index is 0.0491. The fraction of sp³-hybridized carbons (Fsp3) is 0.500. The maximum absolute atomic E-state index is 11.4. The normalized spacial score (nSPS) is 13.3. The van der Waals surface area contributed by atoms with Crippen LogP contribution in [0.1, 0.15) is 26.7 Å². The molecule has 0 fully saturated rings. The molecule has 1 aromatic rings. The molecular formula is C12H21N3O2S. The van der Waals surface area contributed by atoms with Crippen molar-refractivity contribution in [1.29, 1.82) is 0 Å². The zero-order valence-electron chi connectivity index (χ0n) is 11.1. The number of benzene rings is 1. The first kappa shape index (κ1) is 14.8. The second-order valence-electron chi connectivity index (χ2n) is 4.55. The third-order valence-corrected chi connectivity index (χ3v) is 3.91. The van der Waals surface area contributed by atoms with Gasteiger partial charge >= 0.3 is 0 Å². The van der Waals surface area contributed by atoms with E-state index >= 15 is 0 Å². The van der Waals surface area contributed by atoms with Crippen LogP contribution in [0.2, 0.25) is 0 Å². The van der Waals surface area contributed by atoms with Crippen LogP contribution in [0.5, 0.6) is 0 Å². The lowest BCUT2D eigenvalue weighted by Gasteiger charge is -2.27. The van der Waals surface area contributed by atoms with Crippen molar-refractivity contribution in [3.63, 3.8) is 0 Å².